The third-order valence-electron chi connectivity index (χ3n) is 8.24. The van der Waals surface area contributed by atoms with Gasteiger partial charge in [-0.2, -0.15) is 0 Å². The Morgan fingerprint density at radius 2 is 1.92 bits per heavy atom. The Morgan fingerprint density at radius 3 is 2.61 bits per heavy atom. The predicted molar refractivity (Wildman–Crippen MR) is 143 cm³/mol. The van der Waals surface area contributed by atoms with E-state index in [9.17, 15) is 14.3 Å². The molecule has 2 fully saturated rings. The molecule has 2 aliphatic carbocycles. The molecule has 0 bridgehead atoms. The number of rotatable bonds is 10. The van der Waals surface area contributed by atoms with Crippen LogP contribution in [0.4, 0.5) is 4.39 Å². The molecule has 2 heterocycles. The van der Waals surface area contributed by atoms with Crippen molar-refractivity contribution in [3.05, 3.63) is 71.3 Å². The molecule has 0 amide bonds. The maximum atomic E-state index is 15.0. The zero-order chi connectivity index (χ0) is 26.9. The van der Waals surface area contributed by atoms with Crippen molar-refractivity contribution in [2.24, 2.45) is 11.3 Å². The van der Waals surface area contributed by atoms with E-state index in [2.05, 4.69) is 29.9 Å². The van der Waals surface area contributed by atoms with Crippen LogP contribution in [0.5, 0.6) is 11.8 Å². The summed E-state index contributed by atoms with van der Waals surface area (Å²) in [6.45, 7) is 4.87. The Kier molecular flexibility index (Phi) is 7.37. The molecule has 0 radical (unpaired) electrons. The molecule has 5 rings (SSSR count). The van der Waals surface area contributed by atoms with Crippen LogP contribution in [0.25, 0.3) is 11.1 Å². The maximum Gasteiger partial charge on any atom is 0.303 e. The predicted octanol–water partition coefficient (Wildman–Crippen LogP) is 7.13. The van der Waals surface area contributed by atoms with Crippen LogP contribution >= 0.6 is 0 Å². The van der Waals surface area contributed by atoms with E-state index in [-0.39, 0.29) is 29.5 Å². The van der Waals surface area contributed by atoms with E-state index in [1.54, 1.807) is 12.3 Å². The van der Waals surface area contributed by atoms with Gasteiger partial charge in [-0.05, 0) is 77.2 Å². The fourth-order valence-electron chi connectivity index (χ4n) is 6.01. The van der Waals surface area contributed by atoms with Crippen molar-refractivity contribution >= 4 is 5.97 Å². The first-order valence-electron chi connectivity index (χ1n) is 13.4. The summed E-state index contributed by atoms with van der Waals surface area (Å²) in [5, 5.41) is 9.37. The third kappa shape index (κ3) is 5.66. The molecular weight excluding hydrogens is 483 g/mol. The van der Waals surface area contributed by atoms with Gasteiger partial charge < -0.3 is 14.6 Å². The van der Waals surface area contributed by atoms with Crippen molar-refractivity contribution in [1.82, 2.24) is 9.97 Å². The molecule has 38 heavy (non-hydrogen) atoms. The number of aromatic nitrogens is 2. The number of carboxylic acids is 1. The molecular formula is C31H35FN2O4. The summed E-state index contributed by atoms with van der Waals surface area (Å²) < 4.78 is 26.4. The summed E-state index contributed by atoms with van der Waals surface area (Å²) in [5.74, 6) is 0.386. The van der Waals surface area contributed by atoms with Gasteiger partial charge in [0.05, 0.1) is 19.7 Å². The lowest BCUT2D eigenvalue weighted by atomic mass is 9.75. The fraction of sp³-hybridized carbons (Fsp3) is 0.452. The van der Waals surface area contributed by atoms with Gasteiger partial charge in [0.15, 0.2) is 0 Å². The second-order valence-electron chi connectivity index (χ2n) is 11.3. The smallest absolute Gasteiger partial charge is 0.303 e. The van der Waals surface area contributed by atoms with Crippen LogP contribution in [0.2, 0.25) is 0 Å². The second-order valence-corrected chi connectivity index (χ2v) is 11.3. The van der Waals surface area contributed by atoms with Crippen LogP contribution in [0.1, 0.15) is 80.9 Å². The Hall–Kier alpha value is -3.48. The van der Waals surface area contributed by atoms with Crippen LogP contribution in [0.15, 0.2) is 48.8 Å². The molecule has 0 spiro atoms. The molecule has 1 N–H and O–H groups in total. The van der Waals surface area contributed by atoms with Gasteiger partial charge in [-0.1, -0.05) is 38.5 Å². The van der Waals surface area contributed by atoms with E-state index in [1.807, 2.05) is 24.3 Å². The zero-order valence-corrected chi connectivity index (χ0v) is 22.2. The maximum absolute atomic E-state index is 15.0. The van der Waals surface area contributed by atoms with Crippen LogP contribution in [0, 0.1) is 17.2 Å². The highest BCUT2D eigenvalue weighted by atomic mass is 19.1. The number of hydrogen-bond acceptors (Lipinski definition) is 5. The molecule has 1 aromatic carbocycles. The normalized spacial score (nSPS) is 19.2. The average molecular weight is 519 g/mol. The van der Waals surface area contributed by atoms with E-state index in [0.29, 0.717) is 29.8 Å². The standard InChI is InChI=1S/C31H35FN2O4/c1-31(2)11-4-5-26(31)24-13-19(6-9-22(24)25-15-28(37-3)34-17-27(25)32)18-38-29-14-21(10-12-33-29)23(16-30(35)36)20-7-8-20/h6,9-10,12-15,17,20,23,26H,4-5,7-8,11,16,18H2,1-3H3,(H,35,36)/t23-,26-/m0/s1. The highest BCUT2D eigenvalue weighted by molar-refractivity contribution is 5.70. The topological polar surface area (TPSA) is 81.5 Å². The first kappa shape index (κ1) is 26.1. The number of methoxy groups -OCH3 is 1. The highest BCUT2D eigenvalue weighted by Crippen LogP contribution is 2.51. The fourth-order valence-corrected chi connectivity index (χ4v) is 6.01. The van der Waals surface area contributed by atoms with E-state index < -0.39 is 5.97 Å². The number of benzene rings is 1. The van der Waals surface area contributed by atoms with Gasteiger partial charge in [-0.15, -0.1) is 0 Å². The first-order valence-corrected chi connectivity index (χ1v) is 13.4. The van der Waals surface area contributed by atoms with Crippen molar-refractivity contribution in [2.75, 3.05) is 7.11 Å². The van der Waals surface area contributed by atoms with Crippen molar-refractivity contribution in [3.63, 3.8) is 0 Å². The van der Waals surface area contributed by atoms with Crippen LogP contribution in [-0.4, -0.2) is 28.2 Å². The summed E-state index contributed by atoms with van der Waals surface area (Å²) in [5.41, 5.74) is 4.49. The van der Waals surface area contributed by atoms with Crippen LogP contribution in [-0.2, 0) is 11.4 Å². The SMILES string of the molecule is COc1cc(-c2ccc(COc3cc([C@@H](CC(=O)O)C4CC4)ccn3)cc2[C@@H]2CCCC2(C)C)c(F)cn1. The Bertz CT molecular complexity index is 1320. The summed E-state index contributed by atoms with van der Waals surface area (Å²) >= 11 is 0. The van der Waals surface area contributed by atoms with E-state index in [1.165, 1.54) is 13.3 Å². The minimum atomic E-state index is -0.785. The van der Waals surface area contributed by atoms with Gasteiger partial charge in [-0.3, -0.25) is 4.79 Å². The monoisotopic (exact) mass is 518 g/mol. The molecule has 7 heteroatoms. The van der Waals surface area contributed by atoms with Gasteiger partial charge in [0.2, 0.25) is 11.8 Å². The summed E-state index contributed by atoms with van der Waals surface area (Å²) in [4.78, 5) is 19.8. The van der Waals surface area contributed by atoms with E-state index in [0.717, 1.165) is 54.4 Å². The lowest BCUT2D eigenvalue weighted by molar-refractivity contribution is -0.137. The number of pyridine rings is 2. The molecule has 200 valence electrons. The lowest BCUT2D eigenvalue weighted by Crippen LogP contribution is -2.17. The molecule has 0 unspecified atom stereocenters. The Morgan fingerprint density at radius 1 is 1.11 bits per heavy atom. The number of aliphatic carboxylic acids is 1. The molecule has 2 aromatic heterocycles. The highest BCUT2D eigenvalue weighted by Gasteiger charge is 2.37. The van der Waals surface area contributed by atoms with Gasteiger partial charge in [-0.25, -0.2) is 14.4 Å². The molecule has 2 aliphatic rings. The quantitative estimate of drug-likeness (QED) is 0.307. The van der Waals surface area contributed by atoms with Crippen LogP contribution in [0.3, 0.4) is 0 Å². The van der Waals surface area contributed by atoms with Crippen LogP contribution < -0.4 is 9.47 Å². The minimum absolute atomic E-state index is 0.0133. The third-order valence-corrected chi connectivity index (χ3v) is 8.24. The van der Waals surface area contributed by atoms with E-state index >= 15 is 0 Å². The number of carboxylic acid groups (broad SMARTS) is 1. The Balaban J connectivity index is 1.43. The van der Waals surface area contributed by atoms with Crippen molar-refractivity contribution in [2.45, 2.75) is 70.8 Å². The van der Waals surface area contributed by atoms with Crippen molar-refractivity contribution in [1.29, 1.82) is 0 Å². The van der Waals surface area contributed by atoms with Crippen molar-refractivity contribution in [3.8, 4) is 22.9 Å². The second kappa shape index (κ2) is 10.7. The number of ether oxygens (including phenoxy) is 2. The Labute approximate surface area is 223 Å². The average Bonchev–Trinajstić information content (AvgIpc) is 3.68. The summed E-state index contributed by atoms with van der Waals surface area (Å²) in [7, 11) is 1.53. The summed E-state index contributed by atoms with van der Waals surface area (Å²) in [6, 6.07) is 11.5. The summed E-state index contributed by atoms with van der Waals surface area (Å²) in [6.07, 6.45) is 8.45. The molecule has 0 aliphatic heterocycles. The van der Waals surface area contributed by atoms with E-state index in [4.69, 9.17) is 9.47 Å². The first-order chi connectivity index (χ1) is 18.2. The largest absolute Gasteiger partial charge is 0.481 e. The van der Waals surface area contributed by atoms with Gasteiger partial charge >= 0.3 is 5.97 Å². The zero-order valence-electron chi connectivity index (χ0n) is 22.2. The number of hydrogen-bond donors (Lipinski definition) is 1. The molecule has 3 aromatic rings. The molecule has 2 saturated carbocycles. The molecule has 6 nitrogen and oxygen atoms in total. The van der Waals surface area contributed by atoms with Gasteiger partial charge in [0.1, 0.15) is 12.4 Å². The van der Waals surface area contributed by atoms with Gasteiger partial charge in [0, 0.05) is 23.9 Å². The molecule has 2 atom stereocenters. The number of carbonyl (C=O) groups is 1. The number of nitrogens with zero attached hydrogens (tertiary/aromatic N) is 2. The van der Waals surface area contributed by atoms with Gasteiger partial charge in [0.25, 0.3) is 0 Å². The lowest BCUT2D eigenvalue weighted by Gasteiger charge is -2.30. The molecule has 0 saturated heterocycles. The van der Waals surface area contributed by atoms with Crippen molar-refractivity contribution < 1.29 is 23.8 Å². The number of halogens is 1. The minimum Gasteiger partial charge on any atom is -0.481 e.